The average molecular weight is 388 g/mol. The van der Waals surface area contributed by atoms with E-state index in [1.165, 1.54) is 21.3 Å². The predicted molar refractivity (Wildman–Crippen MR) is 91.2 cm³/mol. The van der Waals surface area contributed by atoms with E-state index in [0.29, 0.717) is 0 Å². The highest BCUT2D eigenvalue weighted by Gasteiger charge is 2.26. The molecule has 0 spiro atoms. The van der Waals surface area contributed by atoms with Crippen LogP contribution in [-0.4, -0.2) is 59.1 Å². The molecular formula is C15H33O9P. The van der Waals surface area contributed by atoms with Crippen molar-refractivity contribution in [3.05, 3.63) is 0 Å². The van der Waals surface area contributed by atoms with Crippen molar-refractivity contribution < 1.29 is 42.0 Å². The monoisotopic (exact) mass is 388 g/mol. The van der Waals surface area contributed by atoms with Crippen molar-refractivity contribution in [2.75, 3.05) is 21.3 Å². The van der Waals surface area contributed by atoms with Gasteiger partial charge in [-0.25, -0.2) is 0 Å². The molecule has 0 bridgehead atoms. The fourth-order valence-corrected chi connectivity index (χ4v) is 2.51. The lowest BCUT2D eigenvalue weighted by Gasteiger charge is -2.28. The van der Waals surface area contributed by atoms with Crippen LogP contribution in [0.4, 0.5) is 0 Å². The quantitative estimate of drug-likeness (QED) is 0.310. The third-order valence-corrected chi connectivity index (χ3v) is 4.26. The molecule has 152 valence electrons. The van der Waals surface area contributed by atoms with Gasteiger partial charge in [0.15, 0.2) is 37.7 Å². The fraction of sp³-hybridized carbons (Fsp3) is 1.00. The Morgan fingerprint density at radius 1 is 0.440 bits per heavy atom. The highest BCUT2D eigenvalue weighted by Crippen LogP contribution is 2.44. The summed E-state index contributed by atoms with van der Waals surface area (Å²) in [5.41, 5.74) is 0. The number of hydrogen-bond donors (Lipinski definition) is 0. The third-order valence-electron chi connectivity index (χ3n) is 2.85. The van der Waals surface area contributed by atoms with E-state index >= 15 is 0 Å². The average Bonchev–Trinajstić information content (AvgIpc) is 2.53. The van der Waals surface area contributed by atoms with Gasteiger partial charge in [-0.3, -0.25) is 13.6 Å². The summed E-state index contributed by atoms with van der Waals surface area (Å²) in [6.07, 6.45) is -3.18. The van der Waals surface area contributed by atoms with E-state index in [2.05, 4.69) is 0 Å². The lowest BCUT2D eigenvalue weighted by atomic mass is 10.7. The summed E-state index contributed by atoms with van der Waals surface area (Å²) in [4.78, 5) is 0. The zero-order valence-corrected chi connectivity index (χ0v) is 17.5. The summed E-state index contributed by atoms with van der Waals surface area (Å²) in [5.74, 6) is 0. The van der Waals surface area contributed by atoms with Gasteiger partial charge in [0, 0.05) is 21.3 Å². The van der Waals surface area contributed by atoms with Gasteiger partial charge in [-0.2, -0.15) is 0 Å². The van der Waals surface area contributed by atoms with Gasteiger partial charge in [0.1, 0.15) is 0 Å². The van der Waals surface area contributed by atoms with Crippen LogP contribution in [0.15, 0.2) is 0 Å². The van der Waals surface area contributed by atoms with Crippen LogP contribution in [-0.2, 0) is 42.0 Å². The van der Waals surface area contributed by atoms with Crippen LogP contribution in [0.25, 0.3) is 0 Å². The summed E-state index contributed by atoms with van der Waals surface area (Å²) in [6, 6.07) is 0. The van der Waals surface area contributed by atoms with Crippen LogP contribution in [0, 0.1) is 0 Å². The maximum absolute atomic E-state index is 5.67. The second-order valence-electron chi connectivity index (χ2n) is 5.06. The minimum Gasteiger partial charge on any atom is -0.356 e. The van der Waals surface area contributed by atoms with Crippen molar-refractivity contribution >= 4 is 8.60 Å². The Labute approximate surface area is 152 Å². The zero-order valence-electron chi connectivity index (χ0n) is 16.6. The highest BCUT2D eigenvalue weighted by atomic mass is 31.2. The Hall–Kier alpha value is 0.0700. The van der Waals surface area contributed by atoms with Gasteiger partial charge in [0.25, 0.3) is 0 Å². The largest absolute Gasteiger partial charge is 0.356 e. The molecule has 0 aliphatic carbocycles. The van der Waals surface area contributed by atoms with Gasteiger partial charge in [0.05, 0.1) is 0 Å². The molecule has 25 heavy (non-hydrogen) atoms. The zero-order chi connectivity index (χ0) is 19.4. The molecule has 0 amide bonds. The molecule has 10 heteroatoms. The first-order valence-electron chi connectivity index (χ1n) is 8.06. The first-order chi connectivity index (χ1) is 11.7. The van der Waals surface area contributed by atoms with Crippen molar-refractivity contribution in [2.45, 2.75) is 79.3 Å². The van der Waals surface area contributed by atoms with Crippen molar-refractivity contribution in [2.24, 2.45) is 0 Å². The molecule has 0 heterocycles. The molecule has 6 unspecified atom stereocenters. The van der Waals surface area contributed by atoms with Gasteiger partial charge < -0.3 is 28.4 Å². The molecular weight excluding hydrogens is 355 g/mol. The normalized spacial score (nSPS) is 20.5. The Bertz CT molecular complexity index is 276. The van der Waals surface area contributed by atoms with Crippen molar-refractivity contribution in [1.82, 2.24) is 0 Å². The molecule has 0 saturated carbocycles. The maximum Gasteiger partial charge on any atom is 0.339 e. The predicted octanol–water partition coefficient (Wildman–Crippen LogP) is 3.33. The molecule has 0 fully saturated rings. The number of ether oxygens (including phenoxy) is 6. The minimum atomic E-state index is -1.83. The summed E-state index contributed by atoms with van der Waals surface area (Å²) in [5, 5.41) is 0. The van der Waals surface area contributed by atoms with E-state index < -0.39 is 46.3 Å². The van der Waals surface area contributed by atoms with Crippen LogP contribution in [0.2, 0.25) is 0 Å². The second kappa shape index (κ2) is 14.2. The molecule has 0 aromatic heterocycles. The highest BCUT2D eigenvalue weighted by molar-refractivity contribution is 7.41. The van der Waals surface area contributed by atoms with Crippen molar-refractivity contribution in [3.63, 3.8) is 0 Å². The Morgan fingerprint density at radius 2 is 0.680 bits per heavy atom. The molecule has 9 nitrogen and oxygen atoms in total. The van der Waals surface area contributed by atoms with Crippen molar-refractivity contribution in [3.8, 4) is 0 Å². The minimum absolute atomic E-state index is 0.434. The third kappa shape index (κ3) is 13.0. The van der Waals surface area contributed by atoms with E-state index in [0.717, 1.165) is 0 Å². The van der Waals surface area contributed by atoms with Crippen LogP contribution >= 0.6 is 8.60 Å². The molecule has 6 atom stereocenters. The van der Waals surface area contributed by atoms with Crippen LogP contribution < -0.4 is 0 Å². The first-order valence-corrected chi connectivity index (χ1v) is 9.16. The Kier molecular flexibility index (Phi) is 14.2. The Balaban J connectivity index is 4.68. The fourth-order valence-electron chi connectivity index (χ4n) is 1.49. The van der Waals surface area contributed by atoms with Gasteiger partial charge >= 0.3 is 8.60 Å². The van der Waals surface area contributed by atoms with Crippen LogP contribution in [0.1, 0.15) is 41.5 Å². The summed E-state index contributed by atoms with van der Waals surface area (Å²) in [6.45, 7) is 10.4. The first kappa shape index (κ1) is 25.1. The van der Waals surface area contributed by atoms with E-state index in [1.807, 2.05) is 0 Å². The van der Waals surface area contributed by atoms with Crippen LogP contribution in [0.5, 0.6) is 0 Å². The van der Waals surface area contributed by atoms with E-state index in [4.69, 9.17) is 42.0 Å². The number of methoxy groups -OCH3 is 3. The van der Waals surface area contributed by atoms with Crippen molar-refractivity contribution in [1.29, 1.82) is 0 Å². The maximum atomic E-state index is 5.67. The van der Waals surface area contributed by atoms with E-state index in [1.54, 1.807) is 41.5 Å². The van der Waals surface area contributed by atoms with Gasteiger partial charge in [-0.1, -0.05) is 0 Å². The van der Waals surface area contributed by atoms with Gasteiger partial charge in [0.2, 0.25) is 0 Å². The second-order valence-corrected chi connectivity index (χ2v) is 6.14. The van der Waals surface area contributed by atoms with Gasteiger partial charge in [-0.05, 0) is 41.5 Å². The molecule has 0 aromatic rings. The number of rotatable bonds is 15. The summed E-state index contributed by atoms with van der Waals surface area (Å²) >= 11 is 0. The Morgan fingerprint density at radius 3 is 0.880 bits per heavy atom. The summed E-state index contributed by atoms with van der Waals surface area (Å²) in [7, 11) is 2.79. The van der Waals surface area contributed by atoms with Gasteiger partial charge in [-0.15, -0.1) is 0 Å². The number of hydrogen-bond acceptors (Lipinski definition) is 9. The molecule has 0 saturated heterocycles. The SMILES string of the molecule is COC(C)OC(C)OP(OC(C)OC(C)OC)OC(C)OC(C)OC. The molecule has 0 aliphatic rings. The molecule has 0 aromatic carbocycles. The molecule has 0 N–H and O–H groups in total. The smallest absolute Gasteiger partial charge is 0.339 e. The standard InChI is InChI=1S/C15H33O9P/c1-10(16-7)19-13(4)22-25(23-14(5)20-11(2)17-8)24-15(6)21-12(3)18-9/h10-15H,1-9H3. The van der Waals surface area contributed by atoms with E-state index in [9.17, 15) is 0 Å². The lowest BCUT2D eigenvalue weighted by Crippen LogP contribution is -2.25. The molecule has 0 aliphatic heterocycles. The molecule has 0 rings (SSSR count). The van der Waals surface area contributed by atoms with Crippen LogP contribution in [0.3, 0.4) is 0 Å². The molecule has 0 radical (unpaired) electrons. The lowest BCUT2D eigenvalue weighted by molar-refractivity contribution is -0.226. The summed E-state index contributed by atoms with van der Waals surface area (Å²) < 4.78 is 48.6. The topological polar surface area (TPSA) is 83.1 Å². The van der Waals surface area contributed by atoms with E-state index in [-0.39, 0.29) is 0 Å².